The van der Waals surface area contributed by atoms with Gasteiger partial charge in [-0.15, -0.1) is 0 Å². The summed E-state index contributed by atoms with van der Waals surface area (Å²) < 4.78 is 32.0. The SMILES string of the molecule is NC(=S)c1c(F)cccc1OCc1cccc(F)c1. The molecule has 5 heteroatoms. The summed E-state index contributed by atoms with van der Waals surface area (Å²) in [5.41, 5.74) is 6.16. The number of rotatable bonds is 4. The molecule has 0 amide bonds. The second-order valence-electron chi connectivity index (χ2n) is 3.90. The highest BCUT2D eigenvalue weighted by Crippen LogP contribution is 2.22. The summed E-state index contributed by atoms with van der Waals surface area (Å²) in [5.74, 6) is -0.643. The molecule has 0 aromatic heterocycles. The summed E-state index contributed by atoms with van der Waals surface area (Å²) in [6.45, 7) is 0.108. The Hall–Kier alpha value is -2.01. The molecule has 0 saturated carbocycles. The molecule has 0 spiro atoms. The van der Waals surface area contributed by atoms with Gasteiger partial charge >= 0.3 is 0 Å². The minimum absolute atomic E-state index is 0.0638. The maximum Gasteiger partial charge on any atom is 0.137 e. The third-order valence-electron chi connectivity index (χ3n) is 2.51. The lowest BCUT2D eigenvalue weighted by atomic mass is 10.2. The summed E-state index contributed by atoms with van der Waals surface area (Å²) >= 11 is 4.79. The van der Waals surface area contributed by atoms with E-state index in [0.717, 1.165) is 0 Å². The minimum Gasteiger partial charge on any atom is -0.488 e. The molecule has 2 N–H and O–H groups in total. The lowest BCUT2D eigenvalue weighted by molar-refractivity contribution is 0.303. The van der Waals surface area contributed by atoms with Gasteiger partial charge in [-0.05, 0) is 29.8 Å². The van der Waals surface area contributed by atoms with Gasteiger partial charge < -0.3 is 10.5 Å². The van der Waals surface area contributed by atoms with Gasteiger partial charge in [-0.1, -0.05) is 30.4 Å². The molecule has 2 aromatic carbocycles. The van der Waals surface area contributed by atoms with Crippen LogP contribution in [-0.4, -0.2) is 4.99 Å². The van der Waals surface area contributed by atoms with E-state index in [1.807, 2.05) is 0 Å². The molecule has 0 saturated heterocycles. The van der Waals surface area contributed by atoms with Gasteiger partial charge in [0, 0.05) is 0 Å². The molecular weight excluding hydrogens is 268 g/mol. The van der Waals surface area contributed by atoms with Crippen LogP contribution in [0.3, 0.4) is 0 Å². The first-order valence-electron chi connectivity index (χ1n) is 5.53. The highest BCUT2D eigenvalue weighted by atomic mass is 32.1. The van der Waals surface area contributed by atoms with Gasteiger partial charge in [0.2, 0.25) is 0 Å². The van der Waals surface area contributed by atoms with Gasteiger partial charge in [0.25, 0.3) is 0 Å². The van der Waals surface area contributed by atoms with Gasteiger partial charge in [-0.25, -0.2) is 8.78 Å². The van der Waals surface area contributed by atoms with Crippen molar-refractivity contribution in [2.24, 2.45) is 5.73 Å². The van der Waals surface area contributed by atoms with Crippen LogP contribution >= 0.6 is 12.2 Å². The number of benzene rings is 2. The predicted molar refractivity (Wildman–Crippen MR) is 73.0 cm³/mol. The number of thiocarbonyl (C=S) groups is 1. The second-order valence-corrected chi connectivity index (χ2v) is 4.34. The molecule has 2 nitrogen and oxygen atoms in total. The molecule has 0 bridgehead atoms. The van der Waals surface area contributed by atoms with Crippen molar-refractivity contribution >= 4 is 17.2 Å². The normalized spacial score (nSPS) is 10.2. The lowest BCUT2D eigenvalue weighted by Gasteiger charge is -2.11. The van der Waals surface area contributed by atoms with Gasteiger partial charge in [-0.2, -0.15) is 0 Å². The Morgan fingerprint density at radius 3 is 2.58 bits per heavy atom. The van der Waals surface area contributed by atoms with Crippen molar-refractivity contribution in [2.45, 2.75) is 6.61 Å². The standard InChI is InChI=1S/C14H11F2NOS/c15-10-4-1-3-9(7-10)8-18-12-6-2-5-11(16)13(12)14(17)19/h1-7H,8H2,(H2,17,19). The van der Waals surface area contributed by atoms with Crippen molar-refractivity contribution in [1.29, 1.82) is 0 Å². The topological polar surface area (TPSA) is 35.2 Å². The van der Waals surface area contributed by atoms with Crippen LogP contribution in [0.25, 0.3) is 0 Å². The molecule has 0 fully saturated rings. The van der Waals surface area contributed by atoms with Crippen LogP contribution in [0.5, 0.6) is 5.75 Å². The Balaban J connectivity index is 2.20. The smallest absolute Gasteiger partial charge is 0.137 e. The van der Waals surface area contributed by atoms with Crippen molar-refractivity contribution in [3.8, 4) is 5.75 Å². The van der Waals surface area contributed by atoms with E-state index in [9.17, 15) is 8.78 Å². The first kappa shape index (κ1) is 13.4. The Bertz CT molecular complexity index is 616. The molecule has 0 atom stereocenters. The van der Waals surface area contributed by atoms with Crippen molar-refractivity contribution in [3.63, 3.8) is 0 Å². The average molecular weight is 279 g/mol. The zero-order chi connectivity index (χ0) is 13.8. The molecule has 19 heavy (non-hydrogen) atoms. The molecule has 2 rings (SSSR count). The fraction of sp³-hybridized carbons (Fsp3) is 0.0714. The summed E-state index contributed by atoms with van der Waals surface area (Å²) in [7, 11) is 0. The van der Waals surface area contributed by atoms with E-state index < -0.39 is 5.82 Å². The van der Waals surface area contributed by atoms with Crippen molar-refractivity contribution in [2.75, 3.05) is 0 Å². The first-order chi connectivity index (χ1) is 9.08. The Kier molecular flexibility index (Phi) is 4.06. The average Bonchev–Trinajstić information content (AvgIpc) is 2.36. The third-order valence-corrected chi connectivity index (χ3v) is 2.71. The van der Waals surface area contributed by atoms with Gasteiger partial charge in [-0.3, -0.25) is 0 Å². The van der Waals surface area contributed by atoms with E-state index in [2.05, 4.69) is 0 Å². The molecule has 0 aliphatic rings. The van der Waals surface area contributed by atoms with Crippen molar-refractivity contribution < 1.29 is 13.5 Å². The van der Waals surface area contributed by atoms with Crippen LogP contribution in [0.15, 0.2) is 42.5 Å². The first-order valence-corrected chi connectivity index (χ1v) is 5.94. The van der Waals surface area contributed by atoms with Crippen LogP contribution in [0.2, 0.25) is 0 Å². The van der Waals surface area contributed by atoms with E-state index in [-0.39, 0.29) is 28.7 Å². The van der Waals surface area contributed by atoms with Crippen LogP contribution in [0, 0.1) is 11.6 Å². The Morgan fingerprint density at radius 1 is 1.16 bits per heavy atom. The highest BCUT2D eigenvalue weighted by Gasteiger charge is 2.12. The van der Waals surface area contributed by atoms with Gasteiger partial charge in [0.15, 0.2) is 0 Å². The molecular formula is C14H11F2NOS. The van der Waals surface area contributed by atoms with E-state index in [0.29, 0.717) is 5.56 Å². The van der Waals surface area contributed by atoms with Crippen molar-refractivity contribution in [3.05, 3.63) is 65.2 Å². The number of halogens is 2. The fourth-order valence-electron chi connectivity index (χ4n) is 1.65. The predicted octanol–water partition coefficient (Wildman–Crippen LogP) is 3.18. The molecule has 0 unspecified atom stereocenters. The quantitative estimate of drug-likeness (QED) is 0.873. The van der Waals surface area contributed by atoms with Crippen LogP contribution in [0.1, 0.15) is 11.1 Å². The summed E-state index contributed by atoms with van der Waals surface area (Å²) in [6, 6.07) is 10.3. The summed E-state index contributed by atoms with van der Waals surface area (Å²) in [6.07, 6.45) is 0. The van der Waals surface area contributed by atoms with E-state index >= 15 is 0 Å². The van der Waals surface area contributed by atoms with Gasteiger partial charge in [0.1, 0.15) is 29.0 Å². The van der Waals surface area contributed by atoms with Gasteiger partial charge in [0.05, 0.1) is 5.56 Å². The maximum absolute atomic E-state index is 13.6. The van der Waals surface area contributed by atoms with E-state index in [1.165, 1.54) is 24.3 Å². The molecule has 0 heterocycles. The number of nitrogens with two attached hydrogens (primary N) is 1. The zero-order valence-electron chi connectivity index (χ0n) is 9.90. The lowest BCUT2D eigenvalue weighted by Crippen LogP contribution is -2.14. The number of ether oxygens (including phenoxy) is 1. The highest BCUT2D eigenvalue weighted by molar-refractivity contribution is 7.80. The van der Waals surface area contributed by atoms with E-state index in [1.54, 1.807) is 18.2 Å². The molecule has 98 valence electrons. The van der Waals surface area contributed by atoms with E-state index in [4.69, 9.17) is 22.7 Å². The molecule has 0 radical (unpaired) electrons. The second kappa shape index (κ2) is 5.75. The number of hydrogen-bond donors (Lipinski definition) is 1. The molecule has 0 aliphatic carbocycles. The zero-order valence-corrected chi connectivity index (χ0v) is 10.7. The number of hydrogen-bond acceptors (Lipinski definition) is 2. The van der Waals surface area contributed by atoms with Crippen LogP contribution in [0.4, 0.5) is 8.78 Å². The Morgan fingerprint density at radius 2 is 1.89 bits per heavy atom. The van der Waals surface area contributed by atoms with Crippen molar-refractivity contribution in [1.82, 2.24) is 0 Å². The summed E-state index contributed by atoms with van der Waals surface area (Å²) in [4.78, 5) is -0.0765. The minimum atomic E-state index is -0.538. The largest absolute Gasteiger partial charge is 0.488 e. The maximum atomic E-state index is 13.6. The van der Waals surface area contributed by atoms with Crippen LogP contribution < -0.4 is 10.5 Å². The monoisotopic (exact) mass is 279 g/mol. The summed E-state index contributed by atoms with van der Waals surface area (Å²) in [5, 5.41) is 0. The van der Waals surface area contributed by atoms with Crippen LogP contribution in [-0.2, 0) is 6.61 Å². The molecule has 0 aliphatic heterocycles. The third kappa shape index (κ3) is 3.26. The fourth-order valence-corrected chi connectivity index (χ4v) is 1.85. The Labute approximate surface area is 114 Å². The molecule has 2 aromatic rings.